The molecule has 1 rings (SSSR count). The van der Waals surface area contributed by atoms with Crippen LogP contribution < -0.4 is 9.61 Å². The summed E-state index contributed by atoms with van der Waals surface area (Å²) in [5.41, 5.74) is -0.215. The van der Waals surface area contributed by atoms with Gasteiger partial charge in [0.05, 0.1) is 13.3 Å². The van der Waals surface area contributed by atoms with Crippen molar-refractivity contribution in [1.82, 2.24) is 5.09 Å². The molecule has 0 spiro atoms. The Morgan fingerprint density at radius 3 is 2.33 bits per heavy atom. The van der Waals surface area contributed by atoms with Crippen LogP contribution in [0.25, 0.3) is 0 Å². The monoisotopic (exact) mass is 313 g/mol. The first-order valence-electron chi connectivity index (χ1n) is 6.84. The number of carbonyl (C=O) groups is 1. The maximum atomic E-state index is 13.1. The van der Waals surface area contributed by atoms with Gasteiger partial charge in [-0.05, 0) is 24.5 Å². The molecule has 0 saturated carbocycles. The van der Waals surface area contributed by atoms with E-state index in [1.165, 1.54) is 7.11 Å². The summed E-state index contributed by atoms with van der Waals surface area (Å²) in [7, 11) is -1.94. The SMILES string of the molecule is COC(=O)[C@H](C)NP(=O)(CC(C)(C)C)Oc1ccccc1. The second-order valence-corrected chi connectivity index (χ2v) is 8.27. The number of benzene rings is 1. The zero-order valence-corrected chi connectivity index (χ0v) is 14.1. The van der Waals surface area contributed by atoms with E-state index in [2.05, 4.69) is 9.82 Å². The summed E-state index contributed by atoms with van der Waals surface area (Å²) in [5, 5.41) is 2.81. The molecule has 0 saturated heterocycles. The van der Waals surface area contributed by atoms with Gasteiger partial charge < -0.3 is 9.26 Å². The van der Waals surface area contributed by atoms with E-state index >= 15 is 0 Å². The highest BCUT2D eigenvalue weighted by Gasteiger charge is 2.34. The first kappa shape index (κ1) is 17.7. The normalized spacial score (nSPS) is 15.9. The predicted molar refractivity (Wildman–Crippen MR) is 83.6 cm³/mol. The third kappa shape index (κ3) is 6.32. The minimum Gasteiger partial charge on any atom is -0.468 e. The Hall–Kier alpha value is -1.32. The molecule has 0 aromatic heterocycles. The fraction of sp³-hybridized carbons (Fsp3) is 0.533. The number of hydrogen-bond acceptors (Lipinski definition) is 4. The second kappa shape index (κ2) is 7.10. The average Bonchev–Trinajstić information content (AvgIpc) is 2.36. The van der Waals surface area contributed by atoms with E-state index in [1.807, 2.05) is 26.8 Å². The molecular formula is C15H24NO4P. The van der Waals surface area contributed by atoms with Crippen LogP contribution in [0.1, 0.15) is 27.7 Å². The Labute approximate surface area is 126 Å². The van der Waals surface area contributed by atoms with Gasteiger partial charge in [-0.25, -0.2) is 5.09 Å². The molecule has 0 amide bonds. The fourth-order valence-electron chi connectivity index (χ4n) is 1.90. The molecule has 0 bridgehead atoms. The van der Waals surface area contributed by atoms with Crippen molar-refractivity contribution in [3.63, 3.8) is 0 Å². The lowest BCUT2D eigenvalue weighted by atomic mass is 10.0. The van der Waals surface area contributed by atoms with E-state index in [1.54, 1.807) is 31.2 Å². The molecule has 5 nitrogen and oxygen atoms in total. The lowest BCUT2D eigenvalue weighted by molar-refractivity contribution is -0.142. The first-order valence-corrected chi connectivity index (χ1v) is 8.65. The van der Waals surface area contributed by atoms with Gasteiger partial charge in [0.2, 0.25) is 0 Å². The Morgan fingerprint density at radius 2 is 1.86 bits per heavy atom. The van der Waals surface area contributed by atoms with Gasteiger partial charge in [0.25, 0.3) is 0 Å². The molecule has 0 aliphatic rings. The lowest BCUT2D eigenvalue weighted by Gasteiger charge is -2.28. The van der Waals surface area contributed by atoms with Crippen LogP contribution in [-0.4, -0.2) is 25.3 Å². The molecule has 1 unspecified atom stereocenters. The Bertz CT molecular complexity index is 510. The number of esters is 1. The van der Waals surface area contributed by atoms with Crippen LogP contribution in [0.3, 0.4) is 0 Å². The van der Waals surface area contributed by atoms with Crippen LogP contribution in [-0.2, 0) is 14.1 Å². The zero-order chi connectivity index (χ0) is 16.1. The molecule has 1 aromatic rings. The van der Waals surface area contributed by atoms with E-state index in [0.717, 1.165) is 0 Å². The number of carbonyl (C=O) groups excluding carboxylic acids is 1. The number of nitrogens with one attached hydrogen (secondary N) is 1. The van der Waals surface area contributed by atoms with Crippen molar-refractivity contribution in [3.05, 3.63) is 30.3 Å². The van der Waals surface area contributed by atoms with E-state index < -0.39 is 19.5 Å². The summed E-state index contributed by atoms with van der Waals surface area (Å²) in [6.07, 6.45) is 0.302. The second-order valence-electron chi connectivity index (χ2n) is 6.17. The van der Waals surface area contributed by atoms with Crippen LogP contribution in [0.2, 0.25) is 0 Å². The van der Waals surface area contributed by atoms with Crippen LogP contribution in [0, 0.1) is 5.41 Å². The molecule has 0 heterocycles. The van der Waals surface area contributed by atoms with E-state index in [9.17, 15) is 9.36 Å². The minimum atomic E-state index is -3.24. The average molecular weight is 313 g/mol. The quantitative estimate of drug-likeness (QED) is 0.643. The van der Waals surface area contributed by atoms with Crippen LogP contribution in [0.5, 0.6) is 5.75 Å². The van der Waals surface area contributed by atoms with Gasteiger partial charge in [0.15, 0.2) is 0 Å². The molecule has 0 radical (unpaired) electrons. The zero-order valence-electron chi connectivity index (χ0n) is 13.3. The highest BCUT2D eigenvalue weighted by molar-refractivity contribution is 7.57. The minimum absolute atomic E-state index is 0.215. The fourth-order valence-corrected chi connectivity index (χ4v) is 4.52. The topological polar surface area (TPSA) is 64.6 Å². The molecule has 21 heavy (non-hydrogen) atoms. The summed E-state index contributed by atoms with van der Waals surface area (Å²) in [4.78, 5) is 11.5. The van der Waals surface area contributed by atoms with E-state index in [-0.39, 0.29) is 5.41 Å². The largest absolute Gasteiger partial charge is 0.468 e. The molecule has 1 aromatic carbocycles. The molecule has 6 heteroatoms. The molecule has 1 N–H and O–H groups in total. The summed E-state index contributed by atoms with van der Waals surface area (Å²) < 4.78 is 23.4. The van der Waals surface area contributed by atoms with Crippen molar-refractivity contribution < 1.29 is 18.6 Å². The number of rotatable bonds is 6. The smallest absolute Gasteiger partial charge is 0.323 e. The molecule has 0 aliphatic heterocycles. The number of ether oxygens (including phenoxy) is 1. The van der Waals surface area contributed by atoms with Gasteiger partial charge in [-0.2, -0.15) is 0 Å². The highest BCUT2D eigenvalue weighted by atomic mass is 31.2. The Kier molecular flexibility index (Phi) is 5.99. The van der Waals surface area contributed by atoms with Gasteiger partial charge >= 0.3 is 13.5 Å². The van der Waals surface area contributed by atoms with Gasteiger partial charge in [-0.1, -0.05) is 39.0 Å². The first-order chi connectivity index (χ1) is 9.65. The van der Waals surface area contributed by atoms with Crippen molar-refractivity contribution in [3.8, 4) is 5.75 Å². The van der Waals surface area contributed by atoms with Crippen LogP contribution in [0.15, 0.2) is 30.3 Å². The molecule has 0 aliphatic carbocycles. The van der Waals surface area contributed by atoms with Gasteiger partial charge in [0, 0.05) is 0 Å². The van der Waals surface area contributed by atoms with Crippen LogP contribution in [0.4, 0.5) is 0 Å². The van der Waals surface area contributed by atoms with E-state index in [4.69, 9.17) is 4.52 Å². The highest BCUT2D eigenvalue weighted by Crippen LogP contribution is 2.48. The van der Waals surface area contributed by atoms with Crippen molar-refractivity contribution in [2.24, 2.45) is 5.41 Å². The van der Waals surface area contributed by atoms with Crippen molar-refractivity contribution in [2.45, 2.75) is 33.7 Å². The summed E-state index contributed by atoms with van der Waals surface area (Å²) in [5.74, 6) is 0.0374. The summed E-state index contributed by atoms with van der Waals surface area (Å²) in [6.45, 7) is 7.52. The number of para-hydroxylation sites is 1. The van der Waals surface area contributed by atoms with Crippen molar-refractivity contribution >= 4 is 13.5 Å². The van der Waals surface area contributed by atoms with Crippen molar-refractivity contribution in [2.75, 3.05) is 13.3 Å². The third-order valence-corrected chi connectivity index (χ3v) is 5.28. The molecule has 2 atom stereocenters. The molecular weight excluding hydrogens is 289 g/mol. The van der Waals surface area contributed by atoms with Crippen LogP contribution >= 0.6 is 7.52 Å². The van der Waals surface area contributed by atoms with Gasteiger partial charge in [-0.15, -0.1) is 0 Å². The molecule has 118 valence electrons. The van der Waals surface area contributed by atoms with Gasteiger partial charge in [-0.3, -0.25) is 9.36 Å². The molecule has 0 fully saturated rings. The van der Waals surface area contributed by atoms with E-state index in [0.29, 0.717) is 11.9 Å². The summed E-state index contributed by atoms with van der Waals surface area (Å²) >= 11 is 0. The lowest BCUT2D eigenvalue weighted by Crippen LogP contribution is -2.36. The third-order valence-electron chi connectivity index (χ3n) is 2.62. The number of hydrogen-bond donors (Lipinski definition) is 1. The van der Waals surface area contributed by atoms with Gasteiger partial charge in [0.1, 0.15) is 11.8 Å². The maximum absolute atomic E-state index is 13.1. The maximum Gasteiger partial charge on any atom is 0.323 e. The Morgan fingerprint density at radius 1 is 1.29 bits per heavy atom. The standard InChI is InChI=1S/C15H24NO4P/c1-12(14(17)19-5)16-21(18,11-15(2,3)4)20-13-9-7-6-8-10-13/h6-10,12H,11H2,1-5H3,(H,16,18)/t12-,21?/m0/s1. The predicted octanol–water partition coefficient (Wildman–Crippen LogP) is 3.46. The Balaban J connectivity index is 2.95. The van der Waals surface area contributed by atoms with Crippen molar-refractivity contribution in [1.29, 1.82) is 0 Å². The summed E-state index contributed by atoms with van der Waals surface area (Å²) in [6, 6.07) is 8.24. The number of methoxy groups -OCH3 is 1.